The molecule has 1 aliphatic carbocycles. The third-order valence-corrected chi connectivity index (χ3v) is 8.62. The van der Waals surface area contributed by atoms with Gasteiger partial charge in [-0.1, -0.05) is 12.8 Å². The van der Waals surface area contributed by atoms with E-state index in [9.17, 15) is 20.1 Å². The molecule has 1 heterocycles. The molecule has 1 saturated carbocycles. The predicted molar refractivity (Wildman–Crippen MR) is 86.5 cm³/mol. The van der Waals surface area contributed by atoms with Gasteiger partial charge in [0.1, 0.15) is 7.79 Å². The van der Waals surface area contributed by atoms with Gasteiger partial charge in [-0.3, -0.25) is 10.1 Å². The molecule has 1 N–H and O–H groups in total. The number of nitro benzene ring substituents is 1. The van der Waals surface area contributed by atoms with Crippen molar-refractivity contribution in [1.82, 2.24) is 9.34 Å². The summed E-state index contributed by atoms with van der Waals surface area (Å²) in [7, 11) is 0.486. The quantitative estimate of drug-likeness (QED) is 0.514. The van der Waals surface area contributed by atoms with Crippen molar-refractivity contribution in [2.24, 2.45) is 0 Å². The number of benzene rings is 1. The molecule has 0 radical (unpaired) electrons. The second-order valence-corrected chi connectivity index (χ2v) is 9.31. The van der Waals surface area contributed by atoms with Gasteiger partial charge >= 0.3 is 0 Å². The zero-order valence-corrected chi connectivity index (χ0v) is 14.2. The first kappa shape index (κ1) is 16.7. The number of aliphatic hydroxyl groups excluding tert-OH is 1. The molecular weight excluding hydrogens is 317 g/mol. The first-order valence-electron chi connectivity index (χ1n) is 7.86. The molecule has 7 nitrogen and oxygen atoms in total. The first-order valence-corrected chi connectivity index (χ1v) is 9.54. The van der Waals surface area contributed by atoms with Gasteiger partial charge < -0.3 is 10.00 Å². The minimum absolute atomic E-state index is 0.0407. The van der Waals surface area contributed by atoms with Crippen molar-refractivity contribution in [2.75, 3.05) is 14.1 Å². The first-order chi connectivity index (χ1) is 10.9. The standard InChI is InChI=1S/C15H22N3O4P/c1-16-13-5-3-4-6-14(13)17(2)23(16,22)15(19)11-7-9-12(10-8-11)18(20)21/h7-10,13-15,19H,3-6H2,1-2H3/t13-,14-,15?/m0/s1. The Morgan fingerprint density at radius 3 is 2.09 bits per heavy atom. The SMILES string of the molecule is CN1[C@H]2CCCC[C@@H]2N(C)[P+]1([O-])C(O)c1ccc([N+](=O)[O-])cc1. The number of likely N-dealkylation sites (N-methyl/N-ethyl adjacent to an activating group) is 2. The van der Waals surface area contributed by atoms with Crippen LogP contribution in [0.25, 0.3) is 0 Å². The molecular formula is C15H22N3O4P. The summed E-state index contributed by atoms with van der Waals surface area (Å²) in [5, 5.41) is 21.5. The Labute approximate surface area is 136 Å². The Kier molecular flexibility index (Phi) is 4.42. The molecule has 2 aliphatic rings. The van der Waals surface area contributed by atoms with Gasteiger partial charge in [0.2, 0.25) is 5.85 Å². The lowest BCUT2D eigenvalue weighted by Gasteiger charge is -2.40. The van der Waals surface area contributed by atoms with Gasteiger partial charge in [-0.2, -0.15) is 9.34 Å². The molecule has 0 aromatic heterocycles. The molecule has 0 spiro atoms. The Hall–Kier alpha value is -1.11. The Bertz CT molecular complexity index is 579. The summed E-state index contributed by atoms with van der Waals surface area (Å²) in [5.74, 6) is -1.16. The number of hydrogen-bond donors (Lipinski definition) is 1. The zero-order chi connectivity index (χ0) is 16.8. The highest BCUT2D eigenvalue weighted by Crippen LogP contribution is 2.72. The van der Waals surface area contributed by atoms with Crippen LogP contribution < -0.4 is 4.89 Å². The number of hydrogen-bond acceptors (Lipinski definition) is 6. The van der Waals surface area contributed by atoms with Crippen LogP contribution in [0.2, 0.25) is 0 Å². The topological polar surface area (TPSA) is 92.9 Å². The zero-order valence-electron chi connectivity index (χ0n) is 13.3. The fraction of sp³-hybridized carbons (Fsp3) is 0.600. The molecule has 0 amide bonds. The summed E-state index contributed by atoms with van der Waals surface area (Å²) in [6, 6.07) is 6.07. The fourth-order valence-corrected chi connectivity index (χ4v) is 7.00. The molecule has 1 aromatic carbocycles. The lowest BCUT2D eigenvalue weighted by molar-refractivity contribution is -0.384. The molecule has 0 bridgehead atoms. The van der Waals surface area contributed by atoms with Gasteiger partial charge in [-0.25, -0.2) is 0 Å². The number of nitro groups is 1. The van der Waals surface area contributed by atoms with Gasteiger partial charge in [0.15, 0.2) is 0 Å². The lowest BCUT2D eigenvalue weighted by atomic mass is 9.91. The molecule has 1 unspecified atom stereocenters. The largest absolute Gasteiger partial charge is 0.648 e. The monoisotopic (exact) mass is 339 g/mol. The van der Waals surface area contributed by atoms with Crippen LogP contribution in [-0.4, -0.2) is 45.5 Å². The summed E-state index contributed by atoms with van der Waals surface area (Å²) in [5.41, 5.74) is 0.414. The van der Waals surface area contributed by atoms with E-state index in [1.54, 1.807) is 0 Å². The maximum atomic E-state index is 13.6. The highest BCUT2D eigenvalue weighted by molar-refractivity contribution is 7.64. The van der Waals surface area contributed by atoms with Crippen molar-refractivity contribution in [3.8, 4) is 0 Å². The van der Waals surface area contributed by atoms with Crippen molar-refractivity contribution >= 4 is 13.5 Å². The van der Waals surface area contributed by atoms with Crippen molar-refractivity contribution in [3.05, 3.63) is 39.9 Å². The number of nitrogens with zero attached hydrogens (tertiary/aromatic N) is 3. The third kappa shape index (κ3) is 2.57. The summed E-state index contributed by atoms with van der Waals surface area (Å²) in [6.45, 7) is 0. The van der Waals surface area contributed by atoms with E-state index in [2.05, 4.69) is 0 Å². The van der Waals surface area contributed by atoms with Gasteiger partial charge in [-0.05, 0) is 25.0 Å². The summed E-state index contributed by atoms with van der Waals surface area (Å²) < 4.78 is 3.70. The van der Waals surface area contributed by atoms with E-state index < -0.39 is 18.6 Å². The second-order valence-electron chi connectivity index (χ2n) is 6.38. The summed E-state index contributed by atoms with van der Waals surface area (Å²) in [4.78, 5) is 23.9. The van der Waals surface area contributed by atoms with Crippen LogP contribution in [0.5, 0.6) is 0 Å². The van der Waals surface area contributed by atoms with Crippen molar-refractivity contribution < 1.29 is 14.9 Å². The maximum Gasteiger partial charge on any atom is 0.269 e. The molecule has 1 saturated heterocycles. The van der Waals surface area contributed by atoms with E-state index in [0.717, 1.165) is 25.7 Å². The second kappa shape index (κ2) is 6.07. The van der Waals surface area contributed by atoms with Crippen LogP contribution in [0.4, 0.5) is 5.69 Å². The van der Waals surface area contributed by atoms with Crippen LogP contribution in [0.3, 0.4) is 0 Å². The molecule has 3 rings (SSSR count). The molecule has 1 aromatic rings. The normalized spacial score (nSPS) is 29.2. The predicted octanol–water partition coefficient (Wildman–Crippen LogP) is 1.90. The molecule has 1 aliphatic heterocycles. The van der Waals surface area contributed by atoms with Gasteiger partial charge in [0, 0.05) is 31.8 Å². The average molecular weight is 339 g/mol. The third-order valence-electron chi connectivity index (χ3n) is 5.28. The molecule has 3 atom stereocenters. The number of fused-ring (bicyclic) bond motifs is 1. The lowest BCUT2D eigenvalue weighted by Crippen LogP contribution is -2.37. The highest BCUT2D eigenvalue weighted by Gasteiger charge is 2.59. The van der Waals surface area contributed by atoms with Gasteiger partial charge in [0.25, 0.3) is 5.69 Å². The van der Waals surface area contributed by atoms with Crippen molar-refractivity contribution in [3.63, 3.8) is 0 Å². The molecule has 2 fully saturated rings. The summed E-state index contributed by atoms with van der Waals surface area (Å²) >= 11 is 0. The number of rotatable bonds is 3. The van der Waals surface area contributed by atoms with Crippen LogP contribution in [0.15, 0.2) is 24.3 Å². The van der Waals surface area contributed by atoms with Gasteiger partial charge in [0.05, 0.1) is 17.0 Å². The maximum absolute atomic E-state index is 13.6. The highest BCUT2D eigenvalue weighted by atomic mass is 31.2. The molecule has 8 heteroatoms. The van der Waals surface area contributed by atoms with E-state index in [-0.39, 0.29) is 17.8 Å². The molecule has 23 heavy (non-hydrogen) atoms. The minimum Gasteiger partial charge on any atom is -0.648 e. The van der Waals surface area contributed by atoms with E-state index in [0.29, 0.717) is 5.56 Å². The van der Waals surface area contributed by atoms with Crippen LogP contribution in [0.1, 0.15) is 37.1 Å². The van der Waals surface area contributed by atoms with Crippen LogP contribution in [0, 0.1) is 10.1 Å². The minimum atomic E-state index is -3.16. The fourth-order valence-electron chi connectivity index (χ4n) is 3.92. The van der Waals surface area contributed by atoms with Crippen LogP contribution >= 0.6 is 7.79 Å². The number of non-ortho nitro benzene ring substituents is 1. The smallest absolute Gasteiger partial charge is 0.269 e. The summed E-state index contributed by atoms with van der Waals surface area (Å²) in [6.07, 6.45) is 4.21. The van der Waals surface area contributed by atoms with E-state index in [1.807, 2.05) is 23.4 Å². The Balaban J connectivity index is 1.90. The Morgan fingerprint density at radius 1 is 1.17 bits per heavy atom. The Morgan fingerprint density at radius 2 is 1.65 bits per heavy atom. The van der Waals surface area contributed by atoms with Crippen LogP contribution in [-0.2, 0) is 0 Å². The number of aliphatic hydroxyl groups is 1. The van der Waals surface area contributed by atoms with E-state index in [4.69, 9.17) is 0 Å². The average Bonchev–Trinajstić information content (AvgIpc) is 2.77. The van der Waals surface area contributed by atoms with Crippen molar-refractivity contribution in [2.45, 2.75) is 43.6 Å². The molecule has 126 valence electrons. The van der Waals surface area contributed by atoms with E-state index >= 15 is 0 Å². The van der Waals surface area contributed by atoms with Gasteiger partial charge in [-0.15, -0.1) is 0 Å². The van der Waals surface area contributed by atoms with E-state index in [1.165, 1.54) is 24.3 Å². The van der Waals surface area contributed by atoms with Crippen molar-refractivity contribution in [1.29, 1.82) is 0 Å².